The first kappa shape index (κ1) is 15.9. The van der Waals surface area contributed by atoms with Crippen molar-refractivity contribution in [2.24, 2.45) is 5.73 Å². The molecule has 1 aromatic heterocycles. The van der Waals surface area contributed by atoms with Crippen LogP contribution in [0.1, 0.15) is 58.9 Å². The molecule has 4 N–H and O–H groups in total. The largest absolute Gasteiger partial charge is 0.477 e. The summed E-state index contributed by atoms with van der Waals surface area (Å²) in [6.07, 6.45) is 5.45. The number of carboxylic acids is 1. The average Bonchev–Trinajstić information content (AvgIpc) is 2.78. The Morgan fingerprint density at radius 1 is 1.38 bits per heavy atom. The lowest BCUT2D eigenvalue weighted by atomic mass is 9.80. The molecule has 1 heterocycles. The van der Waals surface area contributed by atoms with Crippen LogP contribution in [0.2, 0.25) is 0 Å². The van der Waals surface area contributed by atoms with Gasteiger partial charge < -0.3 is 16.2 Å². The van der Waals surface area contributed by atoms with E-state index < -0.39 is 5.97 Å². The fourth-order valence-corrected chi connectivity index (χ4v) is 3.56. The summed E-state index contributed by atoms with van der Waals surface area (Å²) in [4.78, 5) is 27.3. The van der Waals surface area contributed by atoms with Crippen molar-refractivity contribution < 1.29 is 14.7 Å². The van der Waals surface area contributed by atoms with Crippen LogP contribution in [0.15, 0.2) is 0 Å². The Morgan fingerprint density at radius 3 is 2.62 bits per heavy atom. The van der Waals surface area contributed by atoms with Gasteiger partial charge in [-0.25, -0.2) is 9.78 Å². The van der Waals surface area contributed by atoms with E-state index in [0.717, 1.165) is 37.0 Å². The Balaban J connectivity index is 1.86. The summed E-state index contributed by atoms with van der Waals surface area (Å²) in [5.74, 6) is -1.07. The van der Waals surface area contributed by atoms with Crippen LogP contribution < -0.4 is 11.1 Å². The van der Waals surface area contributed by atoms with Crippen molar-refractivity contribution in [2.75, 3.05) is 0 Å². The van der Waals surface area contributed by atoms with Crippen LogP contribution in [0.4, 0.5) is 0 Å². The number of hydrogen-bond acceptors (Lipinski definition) is 5. The maximum Gasteiger partial charge on any atom is 0.347 e. The molecule has 21 heavy (non-hydrogen) atoms. The normalized spacial score (nSPS) is 17.4. The van der Waals surface area contributed by atoms with Gasteiger partial charge in [0.25, 0.3) is 0 Å². The van der Waals surface area contributed by atoms with Gasteiger partial charge in [0.1, 0.15) is 9.88 Å². The Hall–Kier alpha value is -1.47. The molecule has 6 nitrogen and oxygen atoms in total. The molecule has 7 heteroatoms. The number of carboxylic acid groups (broad SMARTS) is 1. The molecule has 1 amide bonds. The standard InChI is InChI=1S/C14H21N3O3S/c1-9-12(13(19)20)21-11(17-9)8-16-10(18)7-14(15)5-3-2-4-6-14/h2-8,15H2,1H3,(H,16,18)(H,19,20). The van der Waals surface area contributed by atoms with Crippen LogP contribution in [0.5, 0.6) is 0 Å². The fraction of sp³-hybridized carbons (Fsp3) is 0.643. The van der Waals surface area contributed by atoms with E-state index in [2.05, 4.69) is 10.3 Å². The molecule has 0 aromatic carbocycles. The Morgan fingerprint density at radius 2 is 2.05 bits per heavy atom. The average molecular weight is 311 g/mol. The van der Waals surface area contributed by atoms with Crippen molar-refractivity contribution in [2.45, 2.75) is 57.5 Å². The topological polar surface area (TPSA) is 105 Å². The van der Waals surface area contributed by atoms with Crippen LogP contribution in [0.25, 0.3) is 0 Å². The monoisotopic (exact) mass is 311 g/mol. The van der Waals surface area contributed by atoms with Crippen LogP contribution >= 0.6 is 11.3 Å². The number of thiazole rings is 1. The second-order valence-electron chi connectivity index (χ2n) is 5.70. The number of rotatable bonds is 5. The summed E-state index contributed by atoms with van der Waals surface area (Å²) in [6, 6.07) is 0. The zero-order chi connectivity index (χ0) is 15.5. The van der Waals surface area contributed by atoms with Gasteiger partial charge in [0, 0.05) is 12.0 Å². The minimum absolute atomic E-state index is 0.0934. The molecule has 0 spiro atoms. The molecule has 1 fully saturated rings. The lowest BCUT2D eigenvalue weighted by molar-refractivity contribution is -0.122. The number of amides is 1. The summed E-state index contributed by atoms with van der Waals surface area (Å²) >= 11 is 1.10. The molecule has 0 saturated heterocycles. The number of aryl methyl sites for hydroxylation is 1. The highest BCUT2D eigenvalue weighted by atomic mass is 32.1. The highest BCUT2D eigenvalue weighted by molar-refractivity contribution is 7.13. The van der Waals surface area contributed by atoms with Crippen molar-refractivity contribution in [1.29, 1.82) is 0 Å². The number of nitrogens with one attached hydrogen (secondary N) is 1. The molecule has 0 bridgehead atoms. The zero-order valence-corrected chi connectivity index (χ0v) is 13.0. The van der Waals surface area contributed by atoms with Crippen molar-refractivity contribution in [1.82, 2.24) is 10.3 Å². The molecule has 1 aliphatic carbocycles. The second-order valence-corrected chi connectivity index (χ2v) is 6.79. The molecular weight excluding hydrogens is 290 g/mol. The third-order valence-corrected chi connectivity index (χ3v) is 4.98. The molecule has 116 valence electrons. The summed E-state index contributed by atoms with van der Waals surface area (Å²) < 4.78 is 0. The minimum atomic E-state index is -0.981. The van der Waals surface area contributed by atoms with Gasteiger partial charge in [-0.2, -0.15) is 0 Å². The van der Waals surface area contributed by atoms with Gasteiger partial charge in [-0.05, 0) is 19.8 Å². The Kier molecular flexibility index (Phi) is 4.95. The molecule has 1 aromatic rings. The molecule has 0 atom stereocenters. The van der Waals surface area contributed by atoms with E-state index >= 15 is 0 Å². The first-order chi connectivity index (χ1) is 9.89. The maximum absolute atomic E-state index is 12.0. The van der Waals surface area contributed by atoms with Gasteiger partial charge >= 0.3 is 5.97 Å². The summed E-state index contributed by atoms with van der Waals surface area (Å²) in [6.45, 7) is 1.91. The van der Waals surface area contributed by atoms with Gasteiger partial charge in [-0.1, -0.05) is 19.3 Å². The second kappa shape index (κ2) is 6.53. The smallest absolute Gasteiger partial charge is 0.347 e. The number of carbonyl (C=O) groups excluding carboxylic acids is 1. The lowest BCUT2D eigenvalue weighted by Crippen LogP contribution is -2.45. The van der Waals surface area contributed by atoms with Crippen molar-refractivity contribution in [3.63, 3.8) is 0 Å². The summed E-state index contributed by atoms with van der Waals surface area (Å²) in [5.41, 5.74) is 6.35. The maximum atomic E-state index is 12.0. The van der Waals surface area contributed by atoms with Gasteiger partial charge in [0.2, 0.25) is 5.91 Å². The molecule has 0 unspecified atom stereocenters. The quantitative estimate of drug-likeness (QED) is 0.769. The number of hydrogen-bond donors (Lipinski definition) is 3. The highest BCUT2D eigenvalue weighted by Crippen LogP contribution is 2.28. The summed E-state index contributed by atoms with van der Waals surface area (Å²) in [7, 11) is 0. The van der Waals surface area contributed by atoms with Gasteiger partial charge in [-0.15, -0.1) is 11.3 Å². The van der Waals surface area contributed by atoms with E-state index in [1.54, 1.807) is 6.92 Å². The number of aromatic nitrogens is 1. The van der Waals surface area contributed by atoms with Crippen molar-refractivity contribution in [3.8, 4) is 0 Å². The number of carbonyl (C=O) groups is 2. The van der Waals surface area contributed by atoms with E-state index in [9.17, 15) is 9.59 Å². The molecule has 0 radical (unpaired) electrons. The van der Waals surface area contributed by atoms with E-state index in [-0.39, 0.29) is 22.9 Å². The number of aromatic carboxylic acids is 1. The van der Waals surface area contributed by atoms with Gasteiger partial charge in [-0.3, -0.25) is 4.79 Å². The molecular formula is C14H21N3O3S. The summed E-state index contributed by atoms with van der Waals surface area (Å²) in [5, 5.41) is 12.4. The van der Waals surface area contributed by atoms with Crippen LogP contribution in [-0.4, -0.2) is 27.5 Å². The highest BCUT2D eigenvalue weighted by Gasteiger charge is 2.29. The third-order valence-electron chi connectivity index (χ3n) is 3.83. The first-order valence-electron chi connectivity index (χ1n) is 7.15. The molecule has 1 saturated carbocycles. The van der Waals surface area contributed by atoms with Crippen LogP contribution in [0.3, 0.4) is 0 Å². The predicted octanol–water partition coefficient (Wildman–Crippen LogP) is 1.82. The minimum Gasteiger partial charge on any atom is -0.477 e. The van der Waals surface area contributed by atoms with Crippen molar-refractivity contribution in [3.05, 3.63) is 15.6 Å². The third kappa shape index (κ3) is 4.25. The molecule has 1 aliphatic rings. The van der Waals surface area contributed by atoms with Crippen LogP contribution in [-0.2, 0) is 11.3 Å². The molecule has 0 aliphatic heterocycles. The first-order valence-corrected chi connectivity index (χ1v) is 7.96. The Labute approximate surface area is 127 Å². The fourth-order valence-electron chi connectivity index (χ4n) is 2.72. The Bertz CT molecular complexity index is 536. The van der Waals surface area contributed by atoms with E-state index in [4.69, 9.17) is 10.8 Å². The lowest BCUT2D eigenvalue weighted by Gasteiger charge is -2.32. The van der Waals surface area contributed by atoms with Crippen molar-refractivity contribution >= 4 is 23.2 Å². The SMILES string of the molecule is Cc1nc(CNC(=O)CC2(N)CCCCC2)sc1C(=O)O. The van der Waals surface area contributed by atoms with E-state index in [0.29, 0.717) is 17.1 Å². The van der Waals surface area contributed by atoms with E-state index in [1.807, 2.05) is 0 Å². The predicted molar refractivity (Wildman–Crippen MR) is 80.3 cm³/mol. The number of nitrogens with two attached hydrogens (primary N) is 1. The van der Waals surface area contributed by atoms with Gasteiger partial charge in [0.05, 0.1) is 12.2 Å². The molecule has 2 rings (SSSR count). The van der Waals surface area contributed by atoms with Gasteiger partial charge in [0.15, 0.2) is 0 Å². The number of nitrogens with zero attached hydrogens (tertiary/aromatic N) is 1. The zero-order valence-electron chi connectivity index (χ0n) is 12.1. The van der Waals surface area contributed by atoms with E-state index in [1.165, 1.54) is 6.42 Å². The van der Waals surface area contributed by atoms with Crippen LogP contribution in [0, 0.1) is 6.92 Å².